The number of halogens is 1. The molecule has 1 N–H and O–H groups in total. The van der Waals surface area contributed by atoms with Crippen LogP contribution in [0.15, 0.2) is 18.2 Å². The summed E-state index contributed by atoms with van der Waals surface area (Å²) in [7, 11) is 6.20. The summed E-state index contributed by atoms with van der Waals surface area (Å²) in [5.41, 5.74) is 2.17. The third-order valence-electron chi connectivity index (χ3n) is 4.19. The van der Waals surface area contributed by atoms with E-state index in [1.165, 1.54) is 25.9 Å². The summed E-state index contributed by atoms with van der Waals surface area (Å²) in [5, 5.41) is 3.12. The van der Waals surface area contributed by atoms with Gasteiger partial charge in [-0.25, -0.2) is 4.39 Å². The molecule has 0 saturated carbocycles. The van der Waals surface area contributed by atoms with E-state index in [1.54, 1.807) is 12.1 Å². The Kier molecular flexibility index (Phi) is 5.38. The van der Waals surface area contributed by atoms with Gasteiger partial charge in [-0.1, -0.05) is 0 Å². The molecular weight excluding hydrogens is 253 g/mol. The van der Waals surface area contributed by atoms with E-state index < -0.39 is 0 Å². The topological polar surface area (TPSA) is 18.5 Å². The lowest BCUT2D eigenvalue weighted by molar-refractivity contribution is 0.222. The zero-order valence-electron chi connectivity index (χ0n) is 12.8. The van der Waals surface area contributed by atoms with E-state index in [-0.39, 0.29) is 5.82 Å². The van der Waals surface area contributed by atoms with Crippen LogP contribution in [0.1, 0.15) is 18.4 Å². The standard InChI is InChI=1S/C16H26FN3/c1-18-11-14-10-15(17)4-5-16(14)20(3)12-13-6-8-19(2)9-7-13/h4-5,10,13,18H,6-9,11-12H2,1-3H3. The second-order valence-corrected chi connectivity index (χ2v) is 5.93. The molecule has 4 heteroatoms. The highest BCUT2D eigenvalue weighted by atomic mass is 19.1. The van der Waals surface area contributed by atoms with Crippen LogP contribution >= 0.6 is 0 Å². The van der Waals surface area contributed by atoms with E-state index in [2.05, 4.69) is 29.2 Å². The fourth-order valence-corrected chi connectivity index (χ4v) is 2.99. The number of anilines is 1. The zero-order valence-corrected chi connectivity index (χ0v) is 12.8. The monoisotopic (exact) mass is 279 g/mol. The first-order chi connectivity index (χ1) is 9.60. The summed E-state index contributed by atoms with van der Waals surface area (Å²) >= 11 is 0. The van der Waals surface area contributed by atoms with Gasteiger partial charge in [0.25, 0.3) is 0 Å². The second-order valence-electron chi connectivity index (χ2n) is 5.93. The smallest absolute Gasteiger partial charge is 0.123 e. The summed E-state index contributed by atoms with van der Waals surface area (Å²) in [5.74, 6) is 0.579. The highest BCUT2D eigenvalue weighted by Gasteiger charge is 2.19. The van der Waals surface area contributed by atoms with Crippen molar-refractivity contribution in [2.24, 2.45) is 5.92 Å². The molecule has 1 aromatic rings. The lowest BCUT2D eigenvalue weighted by Crippen LogP contribution is -2.36. The minimum absolute atomic E-state index is 0.160. The molecule has 0 aliphatic carbocycles. The number of piperidine rings is 1. The van der Waals surface area contributed by atoms with Crippen LogP contribution in [0.3, 0.4) is 0 Å². The van der Waals surface area contributed by atoms with Crippen molar-refractivity contribution < 1.29 is 4.39 Å². The molecule has 0 aromatic heterocycles. The number of nitrogens with zero attached hydrogens (tertiary/aromatic N) is 2. The largest absolute Gasteiger partial charge is 0.374 e. The number of benzene rings is 1. The van der Waals surface area contributed by atoms with Gasteiger partial charge in [0.05, 0.1) is 0 Å². The lowest BCUT2D eigenvalue weighted by Gasteiger charge is -2.33. The van der Waals surface area contributed by atoms with Gasteiger partial charge in [0.1, 0.15) is 5.82 Å². The minimum atomic E-state index is -0.160. The molecule has 0 bridgehead atoms. The molecule has 1 fully saturated rings. The van der Waals surface area contributed by atoms with E-state index in [0.717, 1.165) is 23.7 Å². The maximum atomic E-state index is 13.4. The quantitative estimate of drug-likeness (QED) is 0.892. The Labute approximate surface area is 121 Å². The van der Waals surface area contributed by atoms with Crippen LogP contribution in [0, 0.1) is 11.7 Å². The third kappa shape index (κ3) is 3.93. The molecule has 1 aliphatic rings. The van der Waals surface area contributed by atoms with Crippen molar-refractivity contribution in [3.05, 3.63) is 29.6 Å². The maximum absolute atomic E-state index is 13.4. The molecule has 0 amide bonds. The predicted molar refractivity (Wildman–Crippen MR) is 82.7 cm³/mol. The Morgan fingerprint density at radius 2 is 2.05 bits per heavy atom. The fourth-order valence-electron chi connectivity index (χ4n) is 2.99. The molecule has 0 atom stereocenters. The van der Waals surface area contributed by atoms with E-state index in [0.29, 0.717) is 6.54 Å². The molecule has 3 nitrogen and oxygen atoms in total. The van der Waals surface area contributed by atoms with E-state index >= 15 is 0 Å². The van der Waals surface area contributed by atoms with Gasteiger partial charge < -0.3 is 15.1 Å². The number of hydrogen-bond donors (Lipinski definition) is 1. The van der Waals surface area contributed by atoms with Gasteiger partial charge in [0, 0.05) is 25.8 Å². The van der Waals surface area contributed by atoms with Crippen LogP contribution in [0.2, 0.25) is 0 Å². The molecule has 2 rings (SSSR count). The molecule has 1 heterocycles. The molecule has 1 aromatic carbocycles. The Morgan fingerprint density at radius 3 is 2.70 bits per heavy atom. The highest BCUT2D eigenvalue weighted by molar-refractivity contribution is 5.53. The van der Waals surface area contributed by atoms with E-state index in [4.69, 9.17) is 0 Å². The SMILES string of the molecule is CNCc1cc(F)ccc1N(C)CC1CCN(C)CC1. The number of nitrogens with one attached hydrogen (secondary N) is 1. The van der Waals surface area contributed by atoms with Crippen molar-refractivity contribution >= 4 is 5.69 Å². The van der Waals surface area contributed by atoms with Gasteiger partial charge in [-0.3, -0.25) is 0 Å². The molecular formula is C16H26FN3. The summed E-state index contributed by atoms with van der Waals surface area (Å²) in [6, 6.07) is 5.09. The normalized spacial score (nSPS) is 17.4. The van der Waals surface area contributed by atoms with Crippen molar-refractivity contribution in [1.29, 1.82) is 0 Å². The molecule has 0 spiro atoms. The third-order valence-corrected chi connectivity index (χ3v) is 4.19. The molecule has 0 radical (unpaired) electrons. The Hall–Kier alpha value is -1.13. The summed E-state index contributed by atoms with van der Waals surface area (Å²) in [6.07, 6.45) is 2.51. The fraction of sp³-hybridized carbons (Fsp3) is 0.625. The number of hydrogen-bond acceptors (Lipinski definition) is 3. The van der Waals surface area contributed by atoms with Crippen LogP contribution in [0.5, 0.6) is 0 Å². The molecule has 0 unspecified atom stereocenters. The first-order valence-electron chi connectivity index (χ1n) is 7.43. The van der Waals surface area contributed by atoms with Crippen molar-refractivity contribution in [3.63, 3.8) is 0 Å². The predicted octanol–water partition coefficient (Wildman–Crippen LogP) is 2.32. The van der Waals surface area contributed by atoms with Crippen molar-refractivity contribution in [2.45, 2.75) is 19.4 Å². The van der Waals surface area contributed by atoms with Gasteiger partial charge >= 0.3 is 0 Å². The first kappa shape index (κ1) is 15.3. The van der Waals surface area contributed by atoms with Gasteiger partial charge in [-0.2, -0.15) is 0 Å². The first-order valence-corrected chi connectivity index (χ1v) is 7.43. The van der Waals surface area contributed by atoms with Crippen molar-refractivity contribution in [3.8, 4) is 0 Å². The molecule has 1 aliphatic heterocycles. The zero-order chi connectivity index (χ0) is 14.5. The van der Waals surface area contributed by atoms with Gasteiger partial charge in [0.2, 0.25) is 0 Å². The van der Waals surface area contributed by atoms with Gasteiger partial charge in [0.15, 0.2) is 0 Å². The molecule has 20 heavy (non-hydrogen) atoms. The van der Waals surface area contributed by atoms with Gasteiger partial charge in [-0.15, -0.1) is 0 Å². The number of rotatable bonds is 5. The maximum Gasteiger partial charge on any atom is 0.123 e. The van der Waals surface area contributed by atoms with Crippen LogP contribution < -0.4 is 10.2 Å². The van der Waals surface area contributed by atoms with Crippen molar-refractivity contribution in [1.82, 2.24) is 10.2 Å². The van der Waals surface area contributed by atoms with E-state index in [1.807, 2.05) is 13.1 Å². The average molecular weight is 279 g/mol. The molecule has 1 saturated heterocycles. The van der Waals surface area contributed by atoms with Crippen molar-refractivity contribution in [2.75, 3.05) is 45.7 Å². The van der Waals surface area contributed by atoms with E-state index in [9.17, 15) is 4.39 Å². The van der Waals surface area contributed by atoms with Crippen LogP contribution in [0.25, 0.3) is 0 Å². The minimum Gasteiger partial charge on any atom is -0.374 e. The summed E-state index contributed by atoms with van der Waals surface area (Å²) < 4.78 is 13.4. The van der Waals surface area contributed by atoms with Crippen LogP contribution in [-0.2, 0) is 6.54 Å². The summed E-state index contributed by atoms with van der Waals surface area (Å²) in [6.45, 7) is 4.12. The van der Waals surface area contributed by atoms with Gasteiger partial charge in [-0.05, 0) is 69.7 Å². The molecule has 112 valence electrons. The van der Waals surface area contributed by atoms with Crippen LogP contribution in [-0.4, -0.2) is 45.7 Å². The Morgan fingerprint density at radius 1 is 1.35 bits per heavy atom. The number of likely N-dealkylation sites (tertiary alicyclic amines) is 1. The average Bonchev–Trinajstić information content (AvgIpc) is 2.42. The van der Waals surface area contributed by atoms with Crippen LogP contribution in [0.4, 0.5) is 10.1 Å². The Balaban J connectivity index is 2.02. The highest BCUT2D eigenvalue weighted by Crippen LogP contribution is 2.24. The summed E-state index contributed by atoms with van der Waals surface area (Å²) in [4.78, 5) is 4.67. The second kappa shape index (κ2) is 7.04. The lowest BCUT2D eigenvalue weighted by atomic mass is 9.96. The Bertz CT molecular complexity index is 428.